The summed E-state index contributed by atoms with van der Waals surface area (Å²) in [6, 6.07) is -0.107. The molecule has 0 aromatic heterocycles. The summed E-state index contributed by atoms with van der Waals surface area (Å²) in [6.45, 7) is 1.80. The molecular formula is C9H15F2NO. The molecule has 0 bridgehead atoms. The number of alkyl halides is 2. The van der Waals surface area contributed by atoms with E-state index in [0.29, 0.717) is 5.92 Å². The van der Waals surface area contributed by atoms with Crippen molar-refractivity contribution >= 4 is 5.91 Å². The Bertz CT molecular complexity index is 178. The monoisotopic (exact) mass is 191 g/mol. The third kappa shape index (κ3) is 2.94. The Morgan fingerprint density at radius 2 is 1.92 bits per heavy atom. The van der Waals surface area contributed by atoms with Crippen LogP contribution < -0.4 is 5.32 Å². The van der Waals surface area contributed by atoms with Crippen LogP contribution in [-0.2, 0) is 4.79 Å². The standard InChI is InChI=1S/C9H15F2NO/c1-6(7-4-2-3-5-7)12-9(13)8(10)11/h6-8H,2-5H2,1H3,(H,12,13)/t6-/m1/s1. The van der Waals surface area contributed by atoms with Crippen molar-refractivity contribution in [2.24, 2.45) is 5.92 Å². The third-order valence-corrected chi connectivity index (χ3v) is 2.68. The van der Waals surface area contributed by atoms with E-state index >= 15 is 0 Å². The molecule has 0 heterocycles. The molecule has 1 aliphatic carbocycles. The van der Waals surface area contributed by atoms with Crippen LogP contribution in [0, 0.1) is 5.92 Å². The minimum Gasteiger partial charge on any atom is -0.348 e. The number of carbonyl (C=O) groups is 1. The smallest absolute Gasteiger partial charge is 0.315 e. The van der Waals surface area contributed by atoms with E-state index in [1.54, 1.807) is 6.92 Å². The zero-order valence-corrected chi connectivity index (χ0v) is 7.72. The highest BCUT2D eigenvalue weighted by Gasteiger charge is 2.25. The summed E-state index contributed by atoms with van der Waals surface area (Å²) in [5, 5.41) is 2.33. The first kappa shape index (κ1) is 10.4. The van der Waals surface area contributed by atoms with Gasteiger partial charge >= 0.3 is 6.43 Å². The Hall–Kier alpha value is -0.670. The van der Waals surface area contributed by atoms with Gasteiger partial charge in [0.25, 0.3) is 5.91 Å². The molecule has 1 fully saturated rings. The van der Waals surface area contributed by atoms with Gasteiger partial charge in [-0.15, -0.1) is 0 Å². The number of halogens is 2. The lowest BCUT2D eigenvalue weighted by Crippen LogP contribution is -2.40. The van der Waals surface area contributed by atoms with E-state index in [4.69, 9.17) is 0 Å². The molecule has 1 N–H and O–H groups in total. The molecule has 0 radical (unpaired) electrons. The van der Waals surface area contributed by atoms with Gasteiger partial charge in [-0.25, -0.2) is 0 Å². The molecule has 1 saturated carbocycles. The Morgan fingerprint density at radius 3 is 2.38 bits per heavy atom. The minimum absolute atomic E-state index is 0.107. The number of rotatable bonds is 3. The van der Waals surface area contributed by atoms with E-state index < -0.39 is 12.3 Å². The minimum atomic E-state index is -2.89. The fourth-order valence-electron chi connectivity index (χ4n) is 1.86. The van der Waals surface area contributed by atoms with Crippen LogP contribution in [0.3, 0.4) is 0 Å². The molecule has 0 unspecified atom stereocenters. The summed E-state index contributed by atoms with van der Waals surface area (Å²) in [6.07, 6.45) is 1.51. The molecule has 1 aliphatic rings. The van der Waals surface area contributed by atoms with Crippen molar-refractivity contribution in [2.75, 3.05) is 0 Å². The van der Waals surface area contributed by atoms with E-state index in [2.05, 4.69) is 5.32 Å². The maximum atomic E-state index is 11.9. The van der Waals surface area contributed by atoms with Crippen LogP contribution in [-0.4, -0.2) is 18.4 Å². The van der Waals surface area contributed by atoms with E-state index in [-0.39, 0.29) is 6.04 Å². The van der Waals surface area contributed by atoms with Crippen LogP contribution in [0.25, 0.3) is 0 Å². The molecular weight excluding hydrogens is 176 g/mol. The van der Waals surface area contributed by atoms with E-state index in [9.17, 15) is 13.6 Å². The van der Waals surface area contributed by atoms with Crippen molar-refractivity contribution < 1.29 is 13.6 Å². The lowest BCUT2D eigenvalue weighted by molar-refractivity contribution is -0.132. The molecule has 0 aromatic rings. The topological polar surface area (TPSA) is 29.1 Å². The van der Waals surface area contributed by atoms with Gasteiger partial charge in [0, 0.05) is 6.04 Å². The van der Waals surface area contributed by atoms with E-state index in [1.807, 2.05) is 0 Å². The van der Waals surface area contributed by atoms with Gasteiger partial charge in [0.15, 0.2) is 0 Å². The van der Waals surface area contributed by atoms with Gasteiger partial charge in [-0.1, -0.05) is 12.8 Å². The van der Waals surface area contributed by atoms with Gasteiger partial charge in [0.2, 0.25) is 0 Å². The summed E-state index contributed by atoms with van der Waals surface area (Å²) in [5.41, 5.74) is 0. The van der Waals surface area contributed by atoms with Crippen LogP contribution in [0.4, 0.5) is 8.78 Å². The van der Waals surface area contributed by atoms with Crippen LogP contribution in [0.5, 0.6) is 0 Å². The number of nitrogens with one attached hydrogen (secondary N) is 1. The lowest BCUT2D eigenvalue weighted by atomic mass is 10.00. The average molecular weight is 191 g/mol. The van der Waals surface area contributed by atoms with E-state index in [0.717, 1.165) is 25.7 Å². The van der Waals surface area contributed by atoms with Gasteiger partial charge in [0.1, 0.15) is 0 Å². The van der Waals surface area contributed by atoms with Crippen LogP contribution in [0.15, 0.2) is 0 Å². The molecule has 4 heteroatoms. The molecule has 0 aromatic carbocycles. The number of carbonyl (C=O) groups excluding carboxylic acids is 1. The van der Waals surface area contributed by atoms with Gasteiger partial charge in [0.05, 0.1) is 0 Å². The molecule has 0 saturated heterocycles. The number of hydrogen-bond acceptors (Lipinski definition) is 1. The highest BCUT2D eigenvalue weighted by atomic mass is 19.3. The number of hydrogen-bond donors (Lipinski definition) is 1. The second-order valence-corrected chi connectivity index (χ2v) is 3.64. The summed E-state index contributed by atoms with van der Waals surface area (Å²) in [4.78, 5) is 10.6. The summed E-state index contributed by atoms with van der Waals surface area (Å²) in [5.74, 6) is -0.748. The van der Waals surface area contributed by atoms with Crippen molar-refractivity contribution in [2.45, 2.75) is 45.1 Å². The van der Waals surface area contributed by atoms with Crippen molar-refractivity contribution in [3.8, 4) is 0 Å². The molecule has 0 aliphatic heterocycles. The number of amides is 1. The maximum Gasteiger partial charge on any atom is 0.315 e. The third-order valence-electron chi connectivity index (χ3n) is 2.68. The summed E-state index contributed by atoms with van der Waals surface area (Å²) >= 11 is 0. The molecule has 0 spiro atoms. The zero-order chi connectivity index (χ0) is 9.84. The molecule has 76 valence electrons. The quantitative estimate of drug-likeness (QED) is 0.725. The fourth-order valence-corrected chi connectivity index (χ4v) is 1.86. The fraction of sp³-hybridized carbons (Fsp3) is 0.889. The molecule has 13 heavy (non-hydrogen) atoms. The first-order valence-corrected chi connectivity index (χ1v) is 4.70. The predicted octanol–water partition coefficient (Wildman–Crippen LogP) is 1.95. The zero-order valence-electron chi connectivity index (χ0n) is 7.72. The molecule has 1 atom stereocenters. The molecule has 2 nitrogen and oxygen atoms in total. The van der Waals surface area contributed by atoms with Crippen LogP contribution in [0.2, 0.25) is 0 Å². The maximum absolute atomic E-state index is 11.9. The second-order valence-electron chi connectivity index (χ2n) is 3.64. The van der Waals surface area contributed by atoms with Crippen molar-refractivity contribution in [3.05, 3.63) is 0 Å². The van der Waals surface area contributed by atoms with Crippen molar-refractivity contribution in [3.63, 3.8) is 0 Å². The predicted molar refractivity (Wildman–Crippen MR) is 45.6 cm³/mol. The van der Waals surface area contributed by atoms with Gasteiger partial charge < -0.3 is 5.32 Å². The lowest BCUT2D eigenvalue weighted by Gasteiger charge is -2.19. The second kappa shape index (κ2) is 4.53. The Kier molecular flexibility index (Phi) is 3.63. The Balaban J connectivity index is 2.31. The van der Waals surface area contributed by atoms with Crippen molar-refractivity contribution in [1.82, 2.24) is 5.32 Å². The Labute approximate surface area is 76.7 Å². The first-order valence-electron chi connectivity index (χ1n) is 4.70. The van der Waals surface area contributed by atoms with Gasteiger partial charge in [-0.05, 0) is 25.7 Å². The Morgan fingerprint density at radius 1 is 1.38 bits per heavy atom. The average Bonchev–Trinajstić information content (AvgIpc) is 2.55. The highest BCUT2D eigenvalue weighted by Crippen LogP contribution is 2.27. The first-order chi connectivity index (χ1) is 6.11. The molecule has 1 amide bonds. The van der Waals surface area contributed by atoms with Crippen molar-refractivity contribution in [1.29, 1.82) is 0 Å². The summed E-state index contributed by atoms with van der Waals surface area (Å²) < 4.78 is 23.7. The van der Waals surface area contributed by atoms with Crippen LogP contribution >= 0.6 is 0 Å². The van der Waals surface area contributed by atoms with E-state index in [1.165, 1.54) is 0 Å². The van der Waals surface area contributed by atoms with Gasteiger partial charge in [-0.3, -0.25) is 4.79 Å². The SMILES string of the molecule is C[C@@H](NC(=O)C(F)F)C1CCCC1. The van der Waals surface area contributed by atoms with Crippen LogP contribution in [0.1, 0.15) is 32.6 Å². The molecule has 1 rings (SSSR count). The highest BCUT2D eigenvalue weighted by molar-refractivity contribution is 5.79. The largest absolute Gasteiger partial charge is 0.348 e. The summed E-state index contributed by atoms with van der Waals surface area (Å²) in [7, 11) is 0. The van der Waals surface area contributed by atoms with Gasteiger partial charge in [-0.2, -0.15) is 8.78 Å². The normalized spacial score (nSPS) is 20.6.